The highest BCUT2D eigenvalue weighted by atomic mass is 16.5. The summed E-state index contributed by atoms with van der Waals surface area (Å²) in [5.74, 6) is 0.314. The second kappa shape index (κ2) is 6.34. The smallest absolute Gasteiger partial charge is 0.323 e. The third-order valence-electron chi connectivity index (χ3n) is 3.07. The van der Waals surface area contributed by atoms with Crippen LogP contribution in [0.1, 0.15) is 12.5 Å². The molecule has 5 heteroatoms. The van der Waals surface area contributed by atoms with E-state index in [-0.39, 0.29) is 5.97 Å². The van der Waals surface area contributed by atoms with Gasteiger partial charge in [0.25, 0.3) is 0 Å². The molecule has 1 heterocycles. The van der Waals surface area contributed by atoms with Crippen LogP contribution in [0.25, 0.3) is 10.9 Å². The summed E-state index contributed by atoms with van der Waals surface area (Å²) < 4.78 is 10.2. The predicted molar refractivity (Wildman–Crippen MR) is 76.6 cm³/mol. The van der Waals surface area contributed by atoms with Gasteiger partial charge in [-0.15, -0.1) is 0 Å². The van der Waals surface area contributed by atoms with Crippen molar-refractivity contribution in [2.75, 3.05) is 13.7 Å². The van der Waals surface area contributed by atoms with Crippen molar-refractivity contribution in [3.05, 3.63) is 36.0 Å². The Morgan fingerprint density at radius 2 is 2.20 bits per heavy atom. The molecule has 0 aliphatic heterocycles. The molecule has 20 heavy (non-hydrogen) atoms. The number of nitrogens with zero attached hydrogens (tertiary/aromatic N) is 1. The van der Waals surface area contributed by atoms with E-state index in [1.165, 1.54) is 0 Å². The van der Waals surface area contributed by atoms with Gasteiger partial charge >= 0.3 is 5.97 Å². The molecule has 1 atom stereocenters. The van der Waals surface area contributed by atoms with Gasteiger partial charge in [0, 0.05) is 11.6 Å². The van der Waals surface area contributed by atoms with Crippen LogP contribution in [-0.2, 0) is 16.0 Å². The van der Waals surface area contributed by atoms with Gasteiger partial charge in [0.05, 0.1) is 13.7 Å². The third kappa shape index (κ3) is 2.88. The SMILES string of the molecule is CCOC(=O)C(N)Cc1ccc(OC)c2ncccc12. The Labute approximate surface area is 117 Å². The lowest BCUT2D eigenvalue weighted by Gasteiger charge is -2.13. The van der Waals surface area contributed by atoms with E-state index in [1.54, 1.807) is 20.2 Å². The zero-order valence-corrected chi connectivity index (χ0v) is 11.6. The quantitative estimate of drug-likeness (QED) is 0.840. The molecule has 2 N–H and O–H groups in total. The molecular formula is C15H18N2O3. The molecule has 0 aliphatic carbocycles. The number of rotatable bonds is 5. The van der Waals surface area contributed by atoms with Crippen LogP contribution in [0.5, 0.6) is 5.75 Å². The molecule has 0 aliphatic rings. The molecule has 106 valence electrons. The van der Waals surface area contributed by atoms with Crippen molar-refractivity contribution in [3.63, 3.8) is 0 Å². The lowest BCUT2D eigenvalue weighted by atomic mass is 10.0. The topological polar surface area (TPSA) is 74.4 Å². The summed E-state index contributed by atoms with van der Waals surface area (Å²) in [6.07, 6.45) is 2.12. The van der Waals surface area contributed by atoms with Gasteiger partial charge in [-0.3, -0.25) is 9.78 Å². The third-order valence-corrected chi connectivity index (χ3v) is 3.07. The molecule has 5 nitrogen and oxygen atoms in total. The summed E-state index contributed by atoms with van der Waals surface area (Å²) in [6, 6.07) is 6.86. The first kappa shape index (κ1) is 14.3. The second-order valence-corrected chi connectivity index (χ2v) is 4.39. The van der Waals surface area contributed by atoms with Crippen molar-refractivity contribution in [3.8, 4) is 5.75 Å². The number of nitrogens with two attached hydrogens (primary N) is 1. The first-order valence-corrected chi connectivity index (χ1v) is 6.50. The van der Waals surface area contributed by atoms with E-state index in [1.807, 2.05) is 24.3 Å². The van der Waals surface area contributed by atoms with Gasteiger partial charge in [0.15, 0.2) is 0 Å². The van der Waals surface area contributed by atoms with Gasteiger partial charge in [-0.05, 0) is 31.0 Å². The van der Waals surface area contributed by atoms with Crippen LogP contribution in [0.15, 0.2) is 30.5 Å². The molecule has 0 amide bonds. The molecule has 0 spiro atoms. The number of ether oxygens (including phenoxy) is 2. The average molecular weight is 274 g/mol. The molecular weight excluding hydrogens is 256 g/mol. The second-order valence-electron chi connectivity index (χ2n) is 4.39. The van der Waals surface area contributed by atoms with Crippen molar-refractivity contribution in [1.82, 2.24) is 4.98 Å². The van der Waals surface area contributed by atoms with Crippen LogP contribution in [0.4, 0.5) is 0 Å². The normalized spacial score (nSPS) is 12.2. The summed E-state index contributed by atoms with van der Waals surface area (Å²) in [7, 11) is 1.60. The highest BCUT2D eigenvalue weighted by Gasteiger charge is 2.17. The van der Waals surface area contributed by atoms with Crippen molar-refractivity contribution in [2.45, 2.75) is 19.4 Å². The maximum atomic E-state index is 11.6. The highest BCUT2D eigenvalue weighted by molar-refractivity contribution is 5.88. The monoisotopic (exact) mass is 274 g/mol. The Kier molecular flexibility index (Phi) is 4.53. The Bertz CT molecular complexity index is 613. The van der Waals surface area contributed by atoms with E-state index in [2.05, 4.69) is 4.98 Å². The van der Waals surface area contributed by atoms with Crippen LogP contribution in [-0.4, -0.2) is 30.7 Å². The van der Waals surface area contributed by atoms with E-state index < -0.39 is 6.04 Å². The Balaban J connectivity index is 2.33. The number of aromatic nitrogens is 1. The predicted octanol–water partition coefficient (Wildman–Crippen LogP) is 1.68. The lowest BCUT2D eigenvalue weighted by molar-refractivity contribution is -0.144. The zero-order valence-electron chi connectivity index (χ0n) is 11.6. The van der Waals surface area contributed by atoms with Crippen LogP contribution in [0.3, 0.4) is 0 Å². The molecule has 0 fully saturated rings. The zero-order chi connectivity index (χ0) is 14.5. The summed E-state index contributed by atoms with van der Waals surface area (Å²) in [6.45, 7) is 2.09. The fraction of sp³-hybridized carbons (Fsp3) is 0.333. The molecule has 0 radical (unpaired) electrons. The molecule has 2 rings (SSSR count). The van der Waals surface area contributed by atoms with Crippen molar-refractivity contribution >= 4 is 16.9 Å². The van der Waals surface area contributed by atoms with Crippen LogP contribution in [0, 0.1) is 0 Å². The van der Waals surface area contributed by atoms with Gasteiger partial charge in [-0.2, -0.15) is 0 Å². The number of pyridine rings is 1. The minimum atomic E-state index is -0.674. The van der Waals surface area contributed by atoms with Crippen LogP contribution < -0.4 is 10.5 Å². The molecule has 0 saturated carbocycles. The number of fused-ring (bicyclic) bond motifs is 1. The van der Waals surface area contributed by atoms with E-state index in [0.717, 1.165) is 16.5 Å². The Hall–Kier alpha value is -2.14. The lowest BCUT2D eigenvalue weighted by Crippen LogP contribution is -2.34. The fourth-order valence-electron chi connectivity index (χ4n) is 2.12. The van der Waals surface area contributed by atoms with E-state index in [0.29, 0.717) is 18.8 Å². The molecule has 2 aromatic rings. The number of carbonyl (C=O) groups is 1. The number of hydrogen-bond donors (Lipinski definition) is 1. The average Bonchev–Trinajstić information content (AvgIpc) is 2.47. The Morgan fingerprint density at radius 1 is 1.40 bits per heavy atom. The Morgan fingerprint density at radius 3 is 2.90 bits per heavy atom. The summed E-state index contributed by atoms with van der Waals surface area (Å²) in [5.41, 5.74) is 7.59. The van der Waals surface area contributed by atoms with Crippen LogP contribution in [0.2, 0.25) is 0 Å². The standard InChI is InChI=1S/C15H18N2O3/c1-3-20-15(18)12(16)9-10-6-7-13(19-2)14-11(10)5-4-8-17-14/h4-8,12H,3,9,16H2,1-2H3. The molecule has 1 aromatic heterocycles. The fourth-order valence-corrected chi connectivity index (χ4v) is 2.12. The first-order valence-electron chi connectivity index (χ1n) is 6.50. The highest BCUT2D eigenvalue weighted by Crippen LogP contribution is 2.27. The maximum absolute atomic E-state index is 11.6. The van der Waals surface area contributed by atoms with Crippen molar-refractivity contribution in [1.29, 1.82) is 0 Å². The largest absolute Gasteiger partial charge is 0.494 e. The number of hydrogen-bond acceptors (Lipinski definition) is 5. The summed E-state index contributed by atoms with van der Waals surface area (Å²) in [4.78, 5) is 15.9. The van der Waals surface area contributed by atoms with Gasteiger partial charge in [0.2, 0.25) is 0 Å². The maximum Gasteiger partial charge on any atom is 0.323 e. The first-order chi connectivity index (χ1) is 9.67. The van der Waals surface area contributed by atoms with Gasteiger partial charge in [-0.1, -0.05) is 12.1 Å². The number of benzene rings is 1. The van der Waals surface area contributed by atoms with Crippen molar-refractivity contribution < 1.29 is 14.3 Å². The molecule has 1 unspecified atom stereocenters. The molecule has 0 bridgehead atoms. The van der Waals surface area contributed by atoms with Gasteiger partial charge in [-0.25, -0.2) is 0 Å². The van der Waals surface area contributed by atoms with E-state index in [4.69, 9.17) is 15.2 Å². The summed E-state index contributed by atoms with van der Waals surface area (Å²) >= 11 is 0. The van der Waals surface area contributed by atoms with Crippen molar-refractivity contribution in [2.24, 2.45) is 5.73 Å². The number of carbonyl (C=O) groups excluding carboxylic acids is 1. The van der Waals surface area contributed by atoms with E-state index in [9.17, 15) is 4.79 Å². The number of methoxy groups -OCH3 is 1. The summed E-state index contributed by atoms with van der Waals surface area (Å²) in [5, 5.41) is 0.937. The van der Waals surface area contributed by atoms with Gasteiger partial charge < -0.3 is 15.2 Å². The van der Waals surface area contributed by atoms with Gasteiger partial charge in [0.1, 0.15) is 17.3 Å². The number of esters is 1. The van der Waals surface area contributed by atoms with E-state index >= 15 is 0 Å². The molecule has 0 saturated heterocycles. The minimum absolute atomic E-state index is 0.331. The van der Waals surface area contributed by atoms with Crippen LogP contribution >= 0.6 is 0 Å². The minimum Gasteiger partial charge on any atom is -0.494 e. The molecule has 1 aromatic carbocycles.